The van der Waals surface area contributed by atoms with Gasteiger partial charge in [-0.05, 0) is 24.7 Å². The lowest BCUT2D eigenvalue weighted by atomic mass is 10.0. The van der Waals surface area contributed by atoms with E-state index in [-0.39, 0.29) is 11.8 Å². The van der Waals surface area contributed by atoms with Gasteiger partial charge in [0.2, 0.25) is 5.91 Å². The Kier molecular flexibility index (Phi) is 6.80. The van der Waals surface area contributed by atoms with E-state index in [1.165, 1.54) is 0 Å². The van der Waals surface area contributed by atoms with Crippen molar-refractivity contribution in [1.29, 1.82) is 0 Å². The number of carboxylic acids is 1. The molecule has 0 radical (unpaired) electrons. The molecule has 7 heteroatoms. The molecule has 0 aromatic carbocycles. The van der Waals surface area contributed by atoms with Gasteiger partial charge in [0.1, 0.15) is 12.1 Å². The Hall–Kier alpha value is -1.63. The van der Waals surface area contributed by atoms with Gasteiger partial charge in [0.15, 0.2) is 6.10 Å². The van der Waals surface area contributed by atoms with Crippen LogP contribution in [-0.4, -0.2) is 42.6 Å². The van der Waals surface area contributed by atoms with Crippen molar-refractivity contribution in [3.63, 3.8) is 0 Å². The highest BCUT2D eigenvalue weighted by Crippen LogP contribution is 2.21. The van der Waals surface area contributed by atoms with Crippen LogP contribution in [0.1, 0.15) is 40.5 Å². The topological polar surface area (TPSA) is 111 Å². The number of amides is 2. The molecule has 2 N–H and O–H groups in total. The summed E-state index contributed by atoms with van der Waals surface area (Å²) in [6.45, 7) is 8.55. The molecule has 1 heterocycles. The maximum absolute atomic E-state index is 12.2. The summed E-state index contributed by atoms with van der Waals surface area (Å²) >= 11 is 0. The van der Waals surface area contributed by atoms with Crippen molar-refractivity contribution in [3.8, 4) is 0 Å². The molecule has 22 heavy (non-hydrogen) atoms. The summed E-state index contributed by atoms with van der Waals surface area (Å²) in [5.41, 5.74) is 0. The number of carbonyl (C=O) groups excluding carboxylic acids is 3. The Morgan fingerprint density at radius 2 is 1.73 bits per heavy atom. The fourth-order valence-electron chi connectivity index (χ4n) is 2.06. The Bertz CT molecular complexity index is 422. The first-order valence-corrected chi connectivity index (χ1v) is 7.66. The van der Waals surface area contributed by atoms with Gasteiger partial charge in [-0.1, -0.05) is 27.7 Å². The van der Waals surface area contributed by atoms with E-state index < -0.39 is 30.1 Å². The summed E-state index contributed by atoms with van der Waals surface area (Å²) < 4.78 is 4.73. The molecular weight excluding hydrogens is 288 g/mol. The Labute approximate surface area is 130 Å². The number of aliphatic carboxylic acids is 1. The van der Waals surface area contributed by atoms with Gasteiger partial charge in [0.25, 0.3) is 5.91 Å². The SMILES string of the molecule is CC(C)CCNC(=O)[C@H](CC(C)C)NC(=O)[C@H]1O[C@@H]1C(=O)[O-]. The number of carboxylic acid groups (broad SMARTS) is 1. The van der Waals surface area contributed by atoms with E-state index >= 15 is 0 Å². The summed E-state index contributed by atoms with van der Waals surface area (Å²) in [5, 5.41) is 15.9. The van der Waals surface area contributed by atoms with Crippen molar-refractivity contribution in [2.75, 3.05) is 6.54 Å². The van der Waals surface area contributed by atoms with Gasteiger partial charge < -0.3 is 25.3 Å². The predicted octanol–water partition coefficient (Wildman–Crippen LogP) is -0.803. The standard InChI is InChI=1S/C15H26N2O5/c1-8(2)5-6-16-13(18)10(7-9(3)4)17-14(19)11-12(22-11)15(20)21/h8-12H,5-7H2,1-4H3,(H,16,18)(H,17,19)(H,20,21)/p-1/t10-,11-,12-/m0/s1. The summed E-state index contributed by atoms with van der Waals surface area (Å²) in [7, 11) is 0. The molecule has 1 fully saturated rings. The molecule has 0 aromatic heterocycles. The monoisotopic (exact) mass is 313 g/mol. The Balaban J connectivity index is 2.51. The maximum atomic E-state index is 12.2. The van der Waals surface area contributed by atoms with Crippen LogP contribution < -0.4 is 15.7 Å². The molecule has 0 spiro atoms. The van der Waals surface area contributed by atoms with Gasteiger partial charge >= 0.3 is 0 Å². The lowest BCUT2D eigenvalue weighted by molar-refractivity contribution is -0.307. The Morgan fingerprint density at radius 3 is 2.18 bits per heavy atom. The molecule has 0 saturated carbocycles. The van der Waals surface area contributed by atoms with Gasteiger partial charge in [0.05, 0.1) is 5.97 Å². The third-order valence-corrected chi connectivity index (χ3v) is 3.34. The number of epoxide rings is 1. The number of rotatable bonds is 9. The number of hydrogen-bond donors (Lipinski definition) is 2. The summed E-state index contributed by atoms with van der Waals surface area (Å²) in [4.78, 5) is 34.6. The van der Waals surface area contributed by atoms with Gasteiger partial charge in [-0.25, -0.2) is 0 Å². The lowest BCUT2D eigenvalue weighted by Crippen LogP contribution is -2.49. The van der Waals surface area contributed by atoms with E-state index in [0.717, 1.165) is 6.42 Å². The zero-order valence-corrected chi connectivity index (χ0v) is 13.5. The van der Waals surface area contributed by atoms with Crippen molar-refractivity contribution in [3.05, 3.63) is 0 Å². The van der Waals surface area contributed by atoms with Crippen LogP contribution in [0.25, 0.3) is 0 Å². The van der Waals surface area contributed by atoms with Crippen molar-refractivity contribution < 1.29 is 24.2 Å². The summed E-state index contributed by atoms with van der Waals surface area (Å²) in [6.07, 6.45) is -0.930. The van der Waals surface area contributed by atoms with Crippen molar-refractivity contribution >= 4 is 17.8 Å². The van der Waals surface area contributed by atoms with Crippen LogP contribution >= 0.6 is 0 Å². The quantitative estimate of drug-likeness (QED) is 0.541. The van der Waals surface area contributed by atoms with Gasteiger partial charge in [0, 0.05) is 6.54 Å². The highest BCUT2D eigenvalue weighted by atomic mass is 16.6. The highest BCUT2D eigenvalue weighted by molar-refractivity contribution is 5.94. The molecule has 126 valence electrons. The second kappa shape index (κ2) is 8.12. The molecule has 0 unspecified atom stereocenters. The number of ether oxygens (including phenoxy) is 1. The maximum Gasteiger partial charge on any atom is 0.252 e. The fraction of sp³-hybridized carbons (Fsp3) is 0.800. The molecule has 1 aliphatic rings. The van der Waals surface area contributed by atoms with Crippen LogP contribution in [0.15, 0.2) is 0 Å². The molecule has 2 amide bonds. The average Bonchev–Trinajstić information content (AvgIpc) is 3.16. The van der Waals surface area contributed by atoms with Crippen LogP contribution in [0.4, 0.5) is 0 Å². The van der Waals surface area contributed by atoms with Crippen LogP contribution in [0, 0.1) is 11.8 Å². The number of hydrogen-bond acceptors (Lipinski definition) is 5. The Morgan fingerprint density at radius 1 is 1.09 bits per heavy atom. The van der Waals surface area contributed by atoms with E-state index in [2.05, 4.69) is 24.5 Å². The normalized spacial score (nSPS) is 21.5. The predicted molar refractivity (Wildman–Crippen MR) is 77.5 cm³/mol. The second-order valence-electron chi connectivity index (χ2n) is 6.46. The summed E-state index contributed by atoms with van der Waals surface area (Å²) in [5.74, 6) is -1.57. The lowest BCUT2D eigenvalue weighted by Gasteiger charge is -2.20. The molecule has 0 aliphatic carbocycles. The van der Waals surface area contributed by atoms with Crippen molar-refractivity contribution in [2.24, 2.45) is 11.8 Å². The zero-order valence-electron chi connectivity index (χ0n) is 13.5. The third-order valence-electron chi connectivity index (χ3n) is 3.34. The molecule has 1 rings (SSSR count). The second-order valence-corrected chi connectivity index (χ2v) is 6.46. The van der Waals surface area contributed by atoms with E-state index in [9.17, 15) is 19.5 Å². The first-order valence-electron chi connectivity index (χ1n) is 7.66. The first-order chi connectivity index (χ1) is 10.2. The van der Waals surface area contributed by atoms with Crippen LogP contribution in [-0.2, 0) is 19.1 Å². The molecule has 0 aromatic rings. The van der Waals surface area contributed by atoms with Gasteiger partial charge in [-0.15, -0.1) is 0 Å². The fourth-order valence-corrected chi connectivity index (χ4v) is 2.06. The minimum Gasteiger partial charge on any atom is -0.547 e. The zero-order chi connectivity index (χ0) is 16.9. The van der Waals surface area contributed by atoms with Crippen LogP contribution in [0.2, 0.25) is 0 Å². The van der Waals surface area contributed by atoms with Gasteiger partial charge in [-0.2, -0.15) is 0 Å². The first kappa shape index (κ1) is 18.4. The molecule has 7 nitrogen and oxygen atoms in total. The van der Waals surface area contributed by atoms with Crippen LogP contribution in [0.5, 0.6) is 0 Å². The smallest absolute Gasteiger partial charge is 0.252 e. The van der Waals surface area contributed by atoms with Crippen molar-refractivity contribution in [1.82, 2.24) is 10.6 Å². The highest BCUT2D eigenvalue weighted by Gasteiger charge is 2.47. The molecule has 3 atom stereocenters. The van der Waals surface area contributed by atoms with Crippen LogP contribution in [0.3, 0.4) is 0 Å². The number of nitrogens with one attached hydrogen (secondary N) is 2. The van der Waals surface area contributed by atoms with E-state index in [1.807, 2.05) is 13.8 Å². The largest absolute Gasteiger partial charge is 0.547 e. The average molecular weight is 313 g/mol. The molecule has 1 aliphatic heterocycles. The molecule has 1 saturated heterocycles. The minimum atomic E-state index is -1.41. The van der Waals surface area contributed by atoms with E-state index in [4.69, 9.17) is 4.74 Å². The molecular formula is C15H25N2O5-. The third kappa shape index (κ3) is 6.01. The van der Waals surface area contributed by atoms with Gasteiger partial charge in [-0.3, -0.25) is 9.59 Å². The minimum absolute atomic E-state index is 0.207. The van der Waals surface area contributed by atoms with E-state index in [1.54, 1.807) is 0 Å². The molecule has 0 bridgehead atoms. The van der Waals surface area contributed by atoms with Crippen molar-refractivity contribution in [2.45, 2.75) is 58.8 Å². The summed E-state index contributed by atoms with van der Waals surface area (Å²) in [6, 6.07) is -0.689. The van der Waals surface area contributed by atoms with E-state index in [0.29, 0.717) is 18.9 Å². The number of carbonyl (C=O) groups is 3.